The molecule has 0 bridgehead atoms. The zero-order valence-corrected chi connectivity index (χ0v) is 16.2. The summed E-state index contributed by atoms with van der Waals surface area (Å²) in [6.07, 6.45) is 7.02. The number of hydrogen-bond donors (Lipinski definition) is 1. The molecule has 0 aliphatic heterocycles. The summed E-state index contributed by atoms with van der Waals surface area (Å²) in [4.78, 5) is 4.80. The van der Waals surface area contributed by atoms with E-state index in [1.807, 2.05) is 32.0 Å². The standard InChI is InChI=1S/C23H26N4/c1-15(2)13-18-16(3)19(14-24)23-26-20-11-7-8-12-21(20)27(23)22(18)25-17-9-5-4-6-10-17/h7-8,11-12,17,25H,1,4-6,9-10,13H2,2-3H3. The van der Waals surface area contributed by atoms with E-state index in [2.05, 4.69) is 28.4 Å². The van der Waals surface area contributed by atoms with Crippen molar-refractivity contribution in [3.05, 3.63) is 53.1 Å². The van der Waals surface area contributed by atoms with Crippen molar-refractivity contribution in [3.63, 3.8) is 0 Å². The minimum Gasteiger partial charge on any atom is -0.368 e. The number of imidazole rings is 1. The number of aromatic nitrogens is 2. The molecule has 3 aromatic rings. The van der Waals surface area contributed by atoms with Gasteiger partial charge in [-0.15, -0.1) is 0 Å². The Kier molecular flexibility index (Phi) is 4.61. The minimum absolute atomic E-state index is 0.472. The van der Waals surface area contributed by atoms with Gasteiger partial charge in [-0.1, -0.05) is 43.5 Å². The van der Waals surface area contributed by atoms with E-state index in [1.54, 1.807) is 0 Å². The summed E-state index contributed by atoms with van der Waals surface area (Å²) >= 11 is 0. The quantitative estimate of drug-likeness (QED) is 0.624. The van der Waals surface area contributed by atoms with E-state index < -0.39 is 0 Å². The molecule has 0 atom stereocenters. The van der Waals surface area contributed by atoms with Crippen LogP contribution in [0.4, 0.5) is 5.82 Å². The van der Waals surface area contributed by atoms with Crippen LogP contribution in [0.25, 0.3) is 16.7 Å². The molecule has 4 heteroatoms. The van der Waals surface area contributed by atoms with E-state index in [9.17, 15) is 5.26 Å². The van der Waals surface area contributed by atoms with Crippen molar-refractivity contribution >= 4 is 22.5 Å². The molecule has 1 aromatic carbocycles. The number of nitrogens with one attached hydrogen (secondary N) is 1. The predicted molar refractivity (Wildman–Crippen MR) is 111 cm³/mol. The molecular formula is C23H26N4. The maximum atomic E-state index is 9.87. The number of fused-ring (bicyclic) bond motifs is 3. The number of benzene rings is 1. The first-order chi connectivity index (χ1) is 13.1. The van der Waals surface area contributed by atoms with Crippen LogP contribution >= 0.6 is 0 Å². The van der Waals surface area contributed by atoms with Crippen LogP contribution in [0.1, 0.15) is 55.7 Å². The molecule has 1 N–H and O–H groups in total. The first-order valence-corrected chi connectivity index (χ1v) is 9.83. The SMILES string of the molecule is C=C(C)Cc1c(C)c(C#N)c2nc3ccccc3n2c1NC1CCCCC1. The molecule has 0 spiro atoms. The molecule has 0 unspecified atom stereocenters. The highest BCUT2D eigenvalue weighted by molar-refractivity contribution is 5.86. The van der Waals surface area contributed by atoms with Gasteiger partial charge in [-0.3, -0.25) is 4.40 Å². The van der Waals surface area contributed by atoms with E-state index >= 15 is 0 Å². The number of rotatable bonds is 4. The maximum absolute atomic E-state index is 9.87. The summed E-state index contributed by atoms with van der Waals surface area (Å²) in [5.41, 5.74) is 6.66. The fraction of sp³-hybridized carbons (Fsp3) is 0.391. The van der Waals surface area contributed by atoms with E-state index in [-0.39, 0.29) is 0 Å². The van der Waals surface area contributed by atoms with Gasteiger partial charge in [0.05, 0.1) is 16.6 Å². The first-order valence-electron chi connectivity index (χ1n) is 9.83. The summed E-state index contributed by atoms with van der Waals surface area (Å²) in [6.45, 7) is 8.22. The lowest BCUT2D eigenvalue weighted by Gasteiger charge is -2.27. The van der Waals surface area contributed by atoms with Crippen LogP contribution in [0.15, 0.2) is 36.4 Å². The lowest BCUT2D eigenvalue weighted by molar-refractivity contribution is 0.461. The van der Waals surface area contributed by atoms with Crippen LogP contribution in [0, 0.1) is 18.3 Å². The molecule has 0 radical (unpaired) electrons. The number of anilines is 1. The Morgan fingerprint density at radius 2 is 2.04 bits per heavy atom. The van der Waals surface area contributed by atoms with Crippen LogP contribution < -0.4 is 5.32 Å². The normalized spacial score (nSPS) is 15.1. The Morgan fingerprint density at radius 3 is 2.74 bits per heavy atom. The van der Waals surface area contributed by atoms with E-state index in [4.69, 9.17) is 4.98 Å². The third kappa shape index (κ3) is 3.08. The fourth-order valence-corrected chi connectivity index (χ4v) is 4.30. The van der Waals surface area contributed by atoms with Gasteiger partial charge in [-0.05, 0) is 50.8 Å². The van der Waals surface area contributed by atoms with Crippen molar-refractivity contribution in [3.8, 4) is 6.07 Å². The monoisotopic (exact) mass is 358 g/mol. The number of allylic oxidation sites excluding steroid dienone is 1. The summed E-state index contributed by atoms with van der Waals surface area (Å²) in [5.74, 6) is 1.09. The van der Waals surface area contributed by atoms with Gasteiger partial charge in [-0.2, -0.15) is 5.26 Å². The van der Waals surface area contributed by atoms with E-state index in [1.165, 1.54) is 37.7 Å². The highest BCUT2D eigenvalue weighted by Gasteiger charge is 2.23. The molecule has 1 fully saturated rings. The highest BCUT2D eigenvalue weighted by atomic mass is 15.1. The zero-order chi connectivity index (χ0) is 19.0. The second-order valence-electron chi connectivity index (χ2n) is 7.81. The van der Waals surface area contributed by atoms with Crippen molar-refractivity contribution in [1.82, 2.24) is 9.38 Å². The smallest absolute Gasteiger partial charge is 0.157 e. The van der Waals surface area contributed by atoms with Crippen LogP contribution in [-0.4, -0.2) is 15.4 Å². The van der Waals surface area contributed by atoms with Crippen molar-refractivity contribution in [1.29, 1.82) is 5.26 Å². The lowest BCUT2D eigenvalue weighted by Crippen LogP contribution is -2.25. The van der Waals surface area contributed by atoms with Gasteiger partial charge < -0.3 is 5.32 Å². The molecule has 2 heterocycles. The number of pyridine rings is 1. The summed E-state index contributed by atoms with van der Waals surface area (Å²) in [5, 5.41) is 13.7. The van der Waals surface area contributed by atoms with Gasteiger partial charge >= 0.3 is 0 Å². The van der Waals surface area contributed by atoms with Gasteiger partial charge in [0, 0.05) is 11.6 Å². The molecule has 1 saturated carbocycles. The largest absolute Gasteiger partial charge is 0.368 e. The average molecular weight is 358 g/mol. The van der Waals surface area contributed by atoms with Crippen molar-refractivity contribution in [2.24, 2.45) is 0 Å². The second-order valence-corrected chi connectivity index (χ2v) is 7.81. The third-order valence-corrected chi connectivity index (χ3v) is 5.66. The van der Waals surface area contributed by atoms with Gasteiger partial charge in [-0.25, -0.2) is 4.98 Å². The molecular weight excluding hydrogens is 332 g/mol. The number of para-hydroxylation sites is 2. The Labute approximate surface area is 160 Å². The number of nitriles is 1. The maximum Gasteiger partial charge on any atom is 0.157 e. The summed E-state index contributed by atoms with van der Waals surface area (Å²) < 4.78 is 2.16. The minimum atomic E-state index is 0.472. The molecule has 4 nitrogen and oxygen atoms in total. The predicted octanol–water partition coefficient (Wildman–Crippen LogP) is 5.53. The third-order valence-electron chi connectivity index (χ3n) is 5.66. The lowest BCUT2D eigenvalue weighted by atomic mass is 9.94. The van der Waals surface area contributed by atoms with Crippen LogP contribution in [-0.2, 0) is 6.42 Å². The number of nitrogens with zero attached hydrogens (tertiary/aromatic N) is 3. The van der Waals surface area contributed by atoms with E-state index in [0.717, 1.165) is 40.1 Å². The van der Waals surface area contributed by atoms with E-state index in [0.29, 0.717) is 11.6 Å². The molecule has 27 heavy (non-hydrogen) atoms. The fourth-order valence-electron chi connectivity index (χ4n) is 4.30. The van der Waals surface area contributed by atoms with Gasteiger partial charge in [0.1, 0.15) is 11.9 Å². The first kappa shape index (κ1) is 17.6. The van der Waals surface area contributed by atoms with Gasteiger partial charge in [0.25, 0.3) is 0 Å². The van der Waals surface area contributed by atoms with Crippen LogP contribution in [0.2, 0.25) is 0 Å². The van der Waals surface area contributed by atoms with Gasteiger partial charge in [0.2, 0.25) is 0 Å². The Balaban J connectivity index is 2.03. The van der Waals surface area contributed by atoms with Crippen molar-refractivity contribution < 1.29 is 0 Å². The Hall–Kier alpha value is -2.80. The molecule has 4 rings (SSSR count). The van der Waals surface area contributed by atoms with Gasteiger partial charge in [0.15, 0.2) is 5.65 Å². The van der Waals surface area contributed by atoms with Crippen molar-refractivity contribution in [2.45, 2.75) is 58.4 Å². The van der Waals surface area contributed by atoms with Crippen LogP contribution in [0.5, 0.6) is 0 Å². The summed E-state index contributed by atoms with van der Waals surface area (Å²) in [6, 6.07) is 11.0. The Morgan fingerprint density at radius 1 is 1.30 bits per heavy atom. The molecule has 138 valence electrons. The molecule has 1 aliphatic carbocycles. The second kappa shape index (κ2) is 7.08. The van der Waals surface area contributed by atoms with Crippen LogP contribution in [0.3, 0.4) is 0 Å². The molecule has 0 saturated heterocycles. The summed E-state index contributed by atoms with van der Waals surface area (Å²) in [7, 11) is 0. The Bertz CT molecular complexity index is 1060. The highest BCUT2D eigenvalue weighted by Crippen LogP contribution is 2.34. The number of hydrogen-bond acceptors (Lipinski definition) is 3. The topological polar surface area (TPSA) is 53.1 Å². The molecule has 1 aliphatic rings. The zero-order valence-electron chi connectivity index (χ0n) is 16.2. The van der Waals surface area contributed by atoms with Crippen molar-refractivity contribution in [2.75, 3.05) is 5.32 Å². The molecule has 0 amide bonds. The average Bonchev–Trinajstić information content (AvgIpc) is 3.04. The molecule has 2 aromatic heterocycles.